The largest absolute Gasteiger partial charge is 0.352 e. The lowest BCUT2D eigenvalue weighted by Crippen LogP contribution is -2.54. The number of nitrogens with one attached hydrogen (secondary N) is 1. The molecule has 0 fully saturated rings. The summed E-state index contributed by atoms with van der Waals surface area (Å²) in [6, 6.07) is 22.4. The first kappa shape index (κ1) is 27.9. The van der Waals surface area contributed by atoms with Crippen molar-refractivity contribution in [2.24, 2.45) is 0 Å². The molecule has 0 spiro atoms. The van der Waals surface area contributed by atoms with Crippen LogP contribution in [-0.2, 0) is 32.6 Å². The molecule has 0 bridgehead atoms. The summed E-state index contributed by atoms with van der Waals surface area (Å²) in [6.07, 6.45) is 1.23. The third-order valence-electron chi connectivity index (χ3n) is 5.69. The van der Waals surface area contributed by atoms with Crippen molar-refractivity contribution in [2.75, 3.05) is 17.1 Å². The van der Waals surface area contributed by atoms with Crippen LogP contribution in [0.2, 0.25) is 0 Å². The fraction of sp³-hybridized carbons (Fsp3) is 0.286. The monoisotopic (exact) mass is 525 g/mol. The molecular weight excluding hydrogens is 493 g/mol. The van der Waals surface area contributed by atoms with Crippen LogP contribution in [0.5, 0.6) is 0 Å². The molecule has 0 aliphatic carbocycles. The second-order valence-corrected chi connectivity index (χ2v) is 11.0. The Bertz CT molecular complexity index is 1280. The van der Waals surface area contributed by atoms with E-state index in [0.29, 0.717) is 0 Å². The Morgan fingerprint density at radius 3 is 1.92 bits per heavy atom. The number of halogens is 1. The summed E-state index contributed by atoms with van der Waals surface area (Å²) in [5.41, 5.74) is 1.80. The molecule has 2 amide bonds. The van der Waals surface area contributed by atoms with E-state index in [2.05, 4.69) is 5.32 Å². The first-order valence-electron chi connectivity index (χ1n) is 12.0. The Balaban J connectivity index is 2.02. The molecule has 0 aliphatic heterocycles. The number of benzene rings is 3. The number of carbonyl (C=O) groups is 2. The molecule has 0 unspecified atom stereocenters. The van der Waals surface area contributed by atoms with Crippen molar-refractivity contribution in [3.63, 3.8) is 0 Å². The van der Waals surface area contributed by atoms with Crippen molar-refractivity contribution in [2.45, 2.75) is 38.9 Å². The van der Waals surface area contributed by atoms with Crippen molar-refractivity contribution in [1.29, 1.82) is 0 Å². The summed E-state index contributed by atoms with van der Waals surface area (Å²) in [4.78, 5) is 28.7. The van der Waals surface area contributed by atoms with E-state index in [1.54, 1.807) is 0 Å². The average Bonchev–Trinajstić information content (AvgIpc) is 2.85. The van der Waals surface area contributed by atoms with Gasteiger partial charge in [0.1, 0.15) is 18.4 Å². The Morgan fingerprint density at radius 2 is 1.41 bits per heavy atom. The molecule has 0 saturated carbocycles. The van der Waals surface area contributed by atoms with Crippen LogP contribution in [-0.4, -0.2) is 50.0 Å². The predicted molar refractivity (Wildman–Crippen MR) is 143 cm³/mol. The number of anilines is 1. The fourth-order valence-electron chi connectivity index (χ4n) is 3.94. The van der Waals surface area contributed by atoms with Crippen molar-refractivity contribution in [1.82, 2.24) is 10.2 Å². The van der Waals surface area contributed by atoms with Crippen LogP contribution in [0, 0.1) is 5.82 Å². The number of hydrogen-bond donors (Lipinski definition) is 1. The van der Waals surface area contributed by atoms with Crippen LogP contribution in [0.1, 0.15) is 25.0 Å². The molecule has 0 heterocycles. The maximum absolute atomic E-state index is 13.8. The van der Waals surface area contributed by atoms with Crippen molar-refractivity contribution >= 4 is 27.5 Å². The van der Waals surface area contributed by atoms with Gasteiger partial charge in [-0.2, -0.15) is 0 Å². The van der Waals surface area contributed by atoms with Crippen LogP contribution < -0.4 is 9.62 Å². The molecule has 37 heavy (non-hydrogen) atoms. The molecule has 7 nitrogen and oxygen atoms in total. The summed E-state index contributed by atoms with van der Waals surface area (Å²) < 4.78 is 39.7. The van der Waals surface area contributed by atoms with Gasteiger partial charge in [-0.3, -0.25) is 13.9 Å². The summed E-state index contributed by atoms with van der Waals surface area (Å²) in [6.45, 7) is 3.22. The third-order valence-corrected chi connectivity index (χ3v) is 6.83. The molecule has 3 aromatic rings. The second-order valence-electron chi connectivity index (χ2n) is 9.12. The van der Waals surface area contributed by atoms with E-state index < -0.39 is 34.3 Å². The number of amides is 2. The number of carbonyl (C=O) groups excluding carboxylic acids is 2. The Morgan fingerprint density at radius 1 is 0.865 bits per heavy atom. The van der Waals surface area contributed by atoms with Gasteiger partial charge < -0.3 is 10.2 Å². The summed E-state index contributed by atoms with van der Waals surface area (Å²) in [7, 11) is -3.89. The predicted octanol–water partition coefficient (Wildman–Crippen LogP) is 3.76. The van der Waals surface area contributed by atoms with E-state index in [9.17, 15) is 22.4 Å². The van der Waals surface area contributed by atoms with Crippen molar-refractivity contribution in [3.8, 4) is 0 Å². The van der Waals surface area contributed by atoms with E-state index in [0.717, 1.165) is 33.8 Å². The van der Waals surface area contributed by atoms with Gasteiger partial charge in [0, 0.05) is 19.0 Å². The van der Waals surface area contributed by atoms with Gasteiger partial charge in [0.15, 0.2) is 0 Å². The van der Waals surface area contributed by atoms with Crippen LogP contribution in [0.3, 0.4) is 0 Å². The van der Waals surface area contributed by atoms with E-state index in [1.165, 1.54) is 17.0 Å². The van der Waals surface area contributed by atoms with Crippen molar-refractivity contribution in [3.05, 3.63) is 102 Å². The lowest BCUT2D eigenvalue weighted by Gasteiger charge is -2.34. The smallest absolute Gasteiger partial charge is 0.244 e. The zero-order chi connectivity index (χ0) is 27.0. The third kappa shape index (κ3) is 8.15. The molecular formula is C28H32FN3O4S. The molecule has 0 radical (unpaired) electrons. The highest BCUT2D eigenvalue weighted by molar-refractivity contribution is 7.92. The molecule has 0 aliphatic rings. The highest BCUT2D eigenvalue weighted by Crippen LogP contribution is 2.20. The molecule has 3 rings (SSSR count). The molecule has 0 aromatic heterocycles. The van der Waals surface area contributed by atoms with Gasteiger partial charge in [-0.05, 0) is 49.2 Å². The Kier molecular flexibility index (Phi) is 9.41. The number of rotatable bonds is 11. The lowest BCUT2D eigenvalue weighted by molar-refractivity contribution is -0.140. The highest BCUT2D eigenvalue weighted by atomic mass is 32.2. The van der Waals surface area contributed by atoms with E-state index in [-0.39, 0.29) is 30.6 Å². The SMILES string of the molecule is CC(C)NC(=O)[C@H](Cc1ccccc1)N(Cc1ccccc1)C(=O)CN(c1ccc(F)cc1)S(C)(=O)=O. The first-order valence-corrected chi connectivity index (χ1v) is 13.8. The minimum atomic E-state index is -3.89. The normalized spacial score (nSPS) is 12.1. The van der Waals surface area contributed by atoms with Gasteiger partial charge in [-0.1, -0.05) is 60.7 Å². The second kappa shape index (κ2) is 12.5. The van der Waals surface area contributed by atoms with E-state index >= 15 is 0 Å². The molecule has 1 atom stereocenters. The quantitative estimate of drug-likeness (QED) is 0.413. The van der Waals surface area contributed by atoms with Crippen LogP contribution in [0.25, 0.3) is 0 Å². The number of nitrogens with zero attached hydrogens (tertiary/aromatic N) is 2. The minimum absolute atomic E-state index is 0.101. The Labute approximate surface area is 218 Å². The van der Waals surface area contributed by atoms with Gasteiger partial charge >= 0.3 is 0 Å². The van der Waals surface area contributed by atoms with Crippen LogP contribution in [0.15, 0.2) is 84.9 Å². The number of hydrogen-bond acceptors (Lipinski definition) is 4. The van der Waals surface area contributed by atoms with Crippen LogP contribution in [0.4, 0.5) is 10.1 Å². The van der Waals surface area contributed by atoms with Crippen LogP contribution >= 0.6 is 0 Å². The Hall–Kier alpha value is -3.72. The maximum Gasteiger partial charge on any atom is 0.244 e. The van der Waals surface area contributed by atoms with Gasteiger partial charge in [0.2, 0.25) is 21.8 Å². The molecule has 3 aromatic carbocycles. The summed E-state index contributed by atoms with van der Waals surface area (Å²) >= 11 is 0. The van der Waals surface area contributed by atoms with Crippen molar-refractivity contribution < 1.29 is 22.4 Å². The standard InChI is InChI=1S/C28H32FN3O4S/c1-21(2)30-28(34)26(18-22-10-6-4-7-11-22)31(19-23-12-8-5-9-13-23)27(33)20-32(37(3,35)36)25-16-14-24(29)15-17-25/h4-17,21,26H,18-20H2,1-3H3,(H,30,34)/t26-/m0/s1. The molecule has 1 N–H and O–H groups in total. The van der Waals surface area contributed by atoms with E-state index in [4.69, 9.17) is 0 Å². The fourth-order valence-corrected chi connectivity index (χ4v) is 4.79. The minimum Gasteiger partial charge on any atom is -0.352 e. The highest BCUT2D eigenvalue weighted by Gasteiger charge is 2.33. The van der Waals surface area contributed by atoms with Gasteiger partial charge in [0.05, 0.1) is 11.9 Å². The number of sulfonamides is 1. The maximum atomic E-state index is 13.8. The van der Waals surface area contributed by atoms with Gasteiger partial charge in [-0.15, -0.1) is 0 Å². The zero-order valence-electron chi connectivity index (χ0n) is 21.2. The zero-order valence-corrected chi connectivity index (χ0v) is 22.0. The van der Waals surface area contributed by atoms with E-state index in [1.807, 2.05) is 74.5 Å². The molecule has 196 valence electrons. The molecule has 0 saturated heterocycles. The average molecular weight is 526 g/mol. The summed E-state index contributed by atoms with van der Waals surface area (Å²) in [5.74, 6) is -1.42. The lowest BCUT2D eigenvalue weighted by atomic mass is 10.0. The topological polar surface area (TPSA) is 86.8 Å². The molecule has 9 heteroatoms. The van der Waals surface area contributed by atoms with Gasteiger partial charge in [-0.25, -0.2) is 12.8 Å². The summed E-state index contributed by atoms with van der Waals surface area (Å²) in [5, 5.41) is 2.90. The first-order chi connectivity index (χ1) is 17.5. The van der Waals surface area contributed by atoms with Gasteiger partial charge in [0.25, 0.3) is 0 Å².